The number of carbonyl (C=O) groups is 1. The fourth-order valence-electron chi connectivity index (χ4n) is 2.34. The Bertz CT molecular complexity index is 575. The van der Waals surface area contributed by atoms with E-state index in [9.17, 15) is 18.0 Å². The molecule has 1 fully saturated rings. The quantitative estimate of drug-likeness (QED) is 0.727. The van der Waals surface area contributed by atoms with E-state index in [0.29, 0.717) is 19.8 Å². The number of benzene rings is 1. The van der Waals surface area contributed by atoms with Crippen LogP contribution in [-0.4, -0.2) is 52.0 Å². The SMILES string of the molecule is COCCOc1ccc(C(F)(F)F)cc1NC(=O)CC1COCCN1. The number of anilines is 1. The van der Waals surface area contributed by atoms with Gasteiger partial charge in [-0.15, -0.1) is 0 Å². The summed E-state index contributed by atoms with van der Waals surface area (Å²) in [6.45, 7) is 2.02. The van der Waals surface area contributed by atoms with Gasteiger partial charge in [0, 0.05) is 26.1 Å². The molecule has 1 heterocycles. The molecule has 6 nitrogen and oxygen atoms in total. The fourth-order valence-corrected chi connectivity index (χ4v) is 2.34. The normalized spacial score (nSPS) is 18.0. The standard InChI is InChI=1S/C16H21F3N2O4/c1-23-6-7-25-14-3-2-11(16(17,18)19)8-13(14)21-15(22)9-12-10-24-5-4-20-12/h2-3,8,12,20H,4-7,9-10H2,1H3,(H,21,22). The average Bonchev–Trinajstić information content (AvgIpc) is 2.56. The predicted molar refractivity (Wildman–Crippen MR) is 84.7 cm³/mol. The van der Waals surface area contributed by atoms with E-state index < -0.39 is 17.6 Å². The number of amides is 1. The van der Waals surface area contributed by atoms with Gasteiger partial charge in [-0.3, -0.25) is 4.79 Å². The highest BCUT2D eigenvalue weighted by molar-refractivity contribution is 5.92. The van der Waals surface area contributed by atoms with Crippen LogP contribution in [0.2, 0.25) is 0 Å². The van der Waals surface area contributed by atoms with Crippen LogP contribution in [0.4, 0.5) is 18.9 Å². The van der Waals surface area contributed by atoms with E-state index in [0.717, 1.165) is 12.1 Å². The molecule has 1 aliphatic rings. The number of hydrogen-bond donors (Lipinski definition) is 2. The van der Waals surface area contributed by atoms with Crippen LogP contribution in [0.15, 0.2) is 18.2 Å². The second kappa shape index (κ2) is 9.02. The lowest BCUT2D eigenvalue weighted by Crippen LogP contribution is -2.43. The van der Waals surface area contributed by atoms with Crippen LogP contribution in [0.3, 0.4) is 0 Å². The molecule has 1 unspecified atom stereocenters. The first-order valence-electron chi connectivity index (χ1n) is 7.84. The van der Waals surface area contributed by atoms with Gasteiger partial charge in [0.15, 0.2) is 0 Å². The number of methoxy groups -OCH3 is 1. The first-order valence-corrected chi connectivity index (χ1v) is 7.84. The lowest BCUT2D eigenvalue weighted by molar-refractivity contribution is -0.137. The average molecular weight is 362 g/mol. The van der Waals surface area contributed by atoms with Crippen LogP contribution in [0, 0.1) is 0 Å². The fraction of sp³-hybridized carbons (Fsp3) is 0.562. The maximum atomic E-state index is 12.9. The molecule has 25 heavy (non-hydrogen) atoms. The van der Waals surface area contributed by atoms with Gasteiger partial charge in [-0.25, -0.2) is 0 Å². The molecule has 0 aliphatic carbocycles. The van der Waals surface area contributed by atoms with Crippen molar-refractivity contribution in [2.75, 3.05) is 45.4 Å². The van der Waals surface area contributed by atoms with Gasteiger partial charge in [-0.05, 0) is 18.2 Å². The van der Waals surface area contributed by atoms with Gasteiger partial charge in [0.25, 0.3) is 0 Å². The molecule has 1 saturated heterocycles. The highest BCUT2D eigenvalue weighted by Crippen LogP contribution is 2.35. The van der Waals surface area contributed by atoms with E-state index in [1.807, 2.05) is 0 Å². The molecule has 0 saturated carbocycles. The second-order valence-electron chi connectivity index (χ2n) is 5.53. The summed E-state index contributed by atoms with van der Waals surface area (Å²) >= 11 is 0. The molecule has 2 rings (SSSR count). The molecule has 1 amide bonds. The third-order valence-corrected chi connectivity index (χ3v) is 3.56. The number of morpholine rings is 1. The number of alkyl halides is 3. The van der Waals surface area contributed by atoms with Crippen LogP contribution < -0.4 is 15.4 Å². The first kappa shape index (κ1) is 19.5. The Balaban J connectivity index is 2.09. The molecule has 1 aromatic rings. The molecule has 1 atom stereocenters. The molecule has 9 heteroatoms. The zero-order valence-electron chi connectivity index (χ0n) is 13.8. The first-order chi connectivity index (χ1) is 11.9. The highest BCUT2D eigenvalue weighted by atomic mass is 19.4. The van der Waals surface area contributed by atoms with E-state index in [4.69, 9.17) is 14.2 Å². The van der Waals surface area contributed by atoms with Crippen LogP contribution in [0.1, 0.15) is 12.0 Å². The summed E-state index contributed by atoms with van der Waals surface area (Å²) in [4.78, 5) is 12.2. The Hall–Kier alpha value is -1.84. The van der Waals surface area contributed by atoms with Crippen molar-refractivity contribution < 1.29 is 32.2 Å². The number of nitrogens with one attached hydrogen (secondary N) is 2. The van der Waals surface area contributed by atoms with Gasteiger partial charge >= 0.3 is 6.18 Å². The largest absolute Gasteiger partial charge is 0.489 e. The highest BCUT2D eigenvalue weighted by Gasteiger charge is 2.31. The minimum absolute atomic E-state index is 0.0207. The maximum absolute atomic E-state index is 12.9. The second-order valence-corrected chi connectivity index (χ2v) is 5.53. The molecule has 0 bridgehead atoms. The minimum Gasteiger partial charge on any atom is -0.489 e. The summed E-state index contributed by atoms with van der Waals surface area (Å²) in [5.41, 5.74) is -0.881. The van der Waals surface area contributed by atoms with Crippen molar-refractivity contribution in [1.29, 1.82) is 0 Å². The molecule has 1 aliphatic heterocycles. The molecule has 1 aromatic carbocycles. The number of carbonyl (C=O) groups excluding carboxylic acids is 1. The summed E-state index contributed by atoms with van der Waals surface area (Å²) < 4.78 is 54.2. The van der Waals surface area contributed by atoms with Crippen LogP contribution >= 0.6 is 0 Å². The maximum Gasteiger partial charge on any atom is 0.416 e. The van der Waals surface area contributed by atoms with Crippen molar-refractivity contribution >= 4 is 11.6 Å². The van der Waals surface area contributed by atoms with Gasteiger partial charge in [-0.2, -0.15) is 13.2 Å². The summed E-state index contributed by atoms with van der Waals surface area (Å²) in [6.07, 6.45) is -4.42. The molecule has 0 radical (unpaired) electrons. The van der Waals surface area contributed by atoms with Gasteiger partial charge in [0.2, 0.25) is 5.91 Å². The molecule has 140 valence electrons. The summed E-state index contributed by atoms with van der Waals surface area (Å²) in [5, 5.41) is 5.61. The molecule has 0 aromatic heterocycles. The van der Waals surface area contributed by atoms with Gasteiger partial charge in [0.1, 0.15) is 12.4 Å². The molecular formula is C16H21F3N2O4. The van der Waals surface area contributed by atoms with Gasteiger partial charge in [0.05, 0.1) is 31.1 Å². The van der Waals surface area contributed by atoms with Crippen molar-refractivity contribution in [3.05, 3.63) is 23.8 Å². The summed E-state index contributed by atoms with van der Waals surface area (Å²) in [5.74, 6) is -0.259. The van der Waals surface area contributed by atoms with E-state index in [2.05, 4.69) is 10.6 Å². The van der Waals surface area contributed by atoms with Crippen LogP contribution in [0.5, 0.6) is 5.75 Å². The molecular weight excluding hydrogens is 341 g/mol. The van der Waals surface area contributed by atoms with Crippen molar-refractivity contribution in [2.45, 2.75) is 18.6 Å². The lowest BCUT2D eigenvalue weighted by Gasteiger charge is -2.23. The van der Waals surface area contributed by atoms with Gasteiger partial charge < -0.3 is 24.8 Å². The molecule has 2 N–H and O–H groups in total. The Kier molecular flexibility index (Phi) is 7.03. The van der Waals surface area contributed by atoms with E-state index in [-0.39, 0.29) is 37.1 Å². The number of hydrogen-bond acceptors (Lipinski definition) is 5. The zero-order chi connectivity index (χ0) is 18.3. The van der Waals surface area contributed by atoms with Crippen molar-refractivity contribution in [2.24, 2.45) is 0 Å². The number of rotatable bonds is 7. The van der Waals surface area contributed by atoms with Crippen molar-refractivity contribution in [3.63, 3.8) is 0 Å². The smallest absolute Gasteiger partial charge is 0.416 e. The van der Waals surface area contributed by atoms with E-state index in [1.165, 1.54) is 13.2 Å². The van der Waals surface area contributed by atoms with Crippen LogP contribution in [-0.2, 0) is 20.4 Å². The summed E-state index contributed by atoms with van der Waals surface area (Å²) in [6, 6.07) is 2.80. The monoisotopic (exact) mass is 362 g/mol. The topological polar surface area (TPSA) is 68.8 Å². The molecule has 0 spiro atoms. The third-order valence-electron chi connectivity index (χ3n) is 3.56. The predicted octanol–water partition coefficient (Wildman–Crippen LogP) is 2.05. The number of halogens is 3. The van der Waals surface area contributed by atoms with Gasteiger partial charge in [-0.1, -0.05) is 0 Å². The zero-order valence-corrected chi connectivity index (χ0v) is 13.8. The Morgan fingerprint density at radius 2 is 2.20 bits per heavy atom. The lowest BCUT2D eigenvalue weighted by atomic mass is 10.1. The Morgan fingerprint density at radius 1 is 1.40 bits per heavy atom. The Morgan fingerprint density at radius 3 is 2.84 bits per heavy atom. The Labute approximate surface area is 143 Å². The third kappa shape index (κ3) is 6.18. The van der Waals surface area contributed by atoms with Crippen LogP contribution in [0.25, 0.3) is 0 Å². The van der Waals surface area contributed by atoms with Crippen molar-refractivity contribution in [3.8, 4) is 5.75 Å². The van der Waals surface area contributed by atoms with Crippen molar-refractivity contribution in [1.82, 2.24) is 5.32 Å². The number of ether oxygens (including phenoxy) is 3. The van der Waals surface area contributed by atoms with E-state index in [1.54, 1.807) is 0 Å². The van der Waals surface area contributed by atoms with E-state index >= 15 is 0 Å². The minimum atomic E-state index is -4.51. The summed E-state index contributed by atoms with van der Waals surface area (Å²) in [7, 11) is 1.48.